The Bertz CT molecular complexity index is 840. The monoisotopic (exact) mass is 389 g/mol. The number of anilines is 1. The Kier molecular flexibility index (Phi) is 4.76. The average Bonchev–Trinajstić information content (AvgIpc) is 3.23. The van der Waals surface area contributed by atoms with Crippen molar-refractivity contribution in [3.05, 3.63) is 22.7 Å². The molecule has 2 aliphatic heterocycles. The minimum atomic E-state index is -0.778. The van der Waals surface area contributed by atoms with Gasteiger partial charge in [0, 0.05) is 51.7 Å². The number of aliphatic carboxylic acids is 1. The van der Waals surface area contributed by atoms with Gasteiger partial charge in [-0.3, -0.25) is 9.59 Å². The highest BCUT2D eigenvalue weighted by molar-refractivity contribution is 5.80. The van der Waals surface area contributed by atoms with E-state index >= 15 is 0 Å². The van der Waals surface area contributed by atoms with E-state index in [4.69, 9.17) is 0 Å². The molecule has 2 amide bonds. The van der Waals surface area contributed by atoms with E-state index in [2.05, 4.69) is 10.3 Å². The van der Waals surface area contributed by atoms with Crippen molar-refractivity contribution in [2.75, 3.05) is 31.1 Å². The zero-order chi connectivity index (χ0) is 19.9. The molecule has 9 nitrogen and oxygen atoms in total. The number of likely N-dealkylation sites (tertiary alicyclic amines) is 1. The second-order valence-electron chi connectivity index (χ2n) is 8.33. The highest BCUT2D eigenvalue weighted by Gasteiger charge is 2.55. The number of carbonyl (C=O) groups is 2. The lowest BCUT2D eigenvalue weighted by atomic mass is 9.81. The summed E-state index contributed by atoms with van der Waals surface area (Å²) >= 11 is 0. The van der Waals surface area contributed by atoms with Gasteiger partial charge in [-0.25, -0.2) is 9.78 Å². The van der Waals surface area contributed by atoms with Crippen LogP contribution in [0.25, 0.3) is 0 Å². The molecule has 4 rings (SSSR count). The Morgan fingerprint density at radius 3 is 2.86 bits per heavy atom. The van der Waals surface area contributed by atoms with Gasteiger partial charge in [0.1, 0.15) is 0 Å². The van der Waals surface area contributed by atoms with Gasteiger partial charge in [-0.2, -0.15) is 0 Å². The van der Waals surface area contributed by atoms with Crippen LogP contribution in [0, 0.1) is 11.3 Å². The fourth-order valence-electron chi connectivity index (χ4n) is 5.05. The van der Waals surface area contributed by atoms with Crippen LogP contribution < -0.4 is 15.8 Å². The molecule has 152 valence electrons. The molecular formula is C19H27N5O4. The lowest BCUT2D eigenvalue weighted by molar-refractivity contribution is -0.149. The number of nitrogens with one attached hydrogen (secondary N) is 1. The van der Waals surface area contributed by atoms with Crippen LogP contribution in [0.1, 0.15) is 32.1 Å². The molecule has 28 heavy (non-hydrogen) atoms. The van der Waals surface area contributed by atoms with Crippen molar-refractivity contribution in [3.8, 4) is 0 Å². The molecule has 1 unspecified atom stereocenters. The second-order valence-corrected chi connectivity index (χ2v) is 8.33. The van der Waals surface area contributed by atoms with Gasteiger partial charge in [-0.15, -0.1) is 0 Å². The summed E-state index contributed by atoms with van der Waals surface area (Å²) in [6.45, 7) is 2.05. The maximum absolute atomic E-state index is 12.8. The number of carbonyl (C=O) groups excluding carboxylic acids is 1. The van der Waals surface area contributed by atoms with E-state index in [1.165, 1.54) is 4.57 Å². The van der Waals surface area contributed by atoms with E-state index in [9.17, 15) is 19.5 Å². The SMILES string of the molecule is Cn1ccnc(N2CCCC(NC(=O)N3C[C@@H]4CCC[C@@]4(C(=O)O)C3)C2)c1=O. The summed E-state index contributed by atoms with van der Waals surface area (Å²) in [5, 5.41) is 12.8. The van der Waals surface area contributed by atoms with E-state index in [0.717, 1.165) is 32.2 Å². The quantitative estimate of drug-likeness (QED) is 0.786. The molecule has 3 heterocycles. The third kappa shape index (κ3) is 3.12. The fourth-order valence-corrected chi connectivity index (χ4v) is 5.05. The number of aromatic nitrogens is 2. The Hall–Kier alpha value is -2.58. The van der Waals surface area contributed by atoms with Crippen LogP contribution in [0.4, 0.5) is 10.6 Å². The van der Waals surface area contributed by atoms with Gasteiger partial charge in [0.25, 0.3) is 5.56 Å². The molecule has 9 heteroatoms. The summed E-state index contributed by atoms with van der Waals surface area (Å²) in [5.74, 6) is -0.320. The smallest absolute Gasteiger partial charge is 0.317 e. The molecule has 0 aromatic carbocycles. The molecule has 2 saturated heterocycles. The summed E-state index contributed by atoms with van der Waals surface area (Å²) in [6, 6.07) is -0.287. The minimum Gasteiger partial charge on any atom is -0.481 e. The molecule has 3 aliphatic rings. The highest BCUT2D eigenvalue weighted by Crippen LogP contribution is 2.48. The zero-order valence-electron chi connectivity index (χ0n) is 16.1. The van der Waals surface area contributed by atoms with E-state index in [1.54, 1.807) is 24.3 Å². The molecule has 3 fully saturated rings. The predicted octanol–water partition coefficient (Wildman–Crippen LogP) is 0.645. The summed E-state index contributed by atoms with van der Waals surface area (Å²) in [6.07, 6.45) is 7.35. The van der Waals surface area contributed by atoms with Gasteiger partial charge in [0.15, 0.2) is 5.82 Å². The largest absolute Gasteiger partial charge is 0.481 e. The van der Waals surface area contributed by atoms with Crippen LogP contribution in [-0.2, 0) is 11.8 Å². The molecule has 1 aromatic heterocycles. The van der Waals surface area contributed by atoms with E-state index in [0.29, 0.717) is 25.3 Å². The number of hydrogen-bond donors (Lipinski definition) is 2. The van der Waals surface area contributed by atoms with Gasteiger partial charge < -0.3 is 24.8 Å². The van der Waals surface area contributed by atoms with E-state index in [-0.39, 0.29) is 30.1 Å². The molecule has 1 saturated carbocycles. The molecule has 3 atom stereocenters. The zero-order valence-corrected chi connectivity index (χ0v) is 16.1. The van der Waals surface area contributed by atoms with Crippen molar-refractivity contribution >= 4 is 17.8 Å². The van der Waals surface area contributed by atoms with Crippen molar-refractivity contribution in [1.29, 1.82) is 0 Å². The Morgan fingerprint density at radius 1 is 1.29 bits per heavy atom. The number of amides is 2. The van der Waals surface area contributed by atoms with E-state index in [1.807, 2.05) is 4.90 Å². The number of carboxylic acid groups (broad SMARTS) is 1. The molecular weight excluding hydrogens is 362 g/mol. The van der Waals surface area contributed by atoms with Crippen molar-refractivity contribution in [1.82, 2.24) is 19.8 Å². The highest BCUT2D eigenvalue weighted by atomic mass is 16.4. The maximum atomic E-state index is 12.8. The number of aryl methyl sites for hydroxylation is 1. The van der Waals surface area contributed by atoms with Gasteiger partial charge in [-0.1, -0.05) is 6.42 Å². The Balaban J connectivity index is 1.41. The van der Waals surface area contributed by atoms with Crippen LogP contribution in [-0.4, -0.2) is 63.8 Å². The molecule has 2 N–H and O–H groups in total. The van der Waals surface area contributed by atoms with Crippen LogP contribution >= 0.6 is 0 Å². The van der Waals surface area contributed by atoms with Gasteiger partial charge >= 0.3 is 12.0 Å². The molecule has 0 spiro atoms. The van der Waals surface area contributed by atoms with Crippen molar-refractivity contribution in [3.63, 3.8) is 0 Å². The van der Waals surface area contributed by atoms with Gasteiger partial charge in [0.2, 0.25) is 0 Å². The van der Waals surface area contributed by atoms with Gasteiger partial charge in [0.05, 0.1) is 5.41 Å². The minimum absolute atomic E-state index is 0.0511. The number of hydrogen-bond acceptors (Lipinski definition) is 5. The van der Waals surface area contributed by atoms with Gasteiger partial charge in [-0.05, 0) is 31.6 Å². The van der Waals surface area contributed by atoms with Crippen molar-refractivity contribution < 1.29 is 14.7 Å². The maximum Gasteiger partial charge on any atom is 0.317 e. The fraction of sp³-hybridized carbons (Fsp3) is 0.684. The van der Waals surface area contributed by atoms with Crippen LogP contribution in [0.15, 0.2) is 17.2 Å². The van der Waals surface area contributed by atoms with Crippen LogP contribution in [0.5, 0.6) is 0 Å². The first kappa shape index (κ1) is 18.8. The topological polar surface area (TPSA) is 108 Å². The number of nitrogens with zero attached hydrogens (tertiary/aromatic N) is 4. The third-order valence-electron chi connectivity index (χ3n) is 6.63. The van der Waals surface area contributed by atoms with Crippen LogP contribution in [0.2, 0.25) is 0 Å². The number of fused-ring (bicyclic) bond motifs is 1. The summed E-state index contributed by atoms with van der Waals surface area (Å²) in [5.41, 5.74) is -0.916. The van der Waals surface area contributed by atoms with Crippen molar-refractivity contribution in [2.24, 2.45) is 18.4 Å². The van der Waals surface area contributed by atoms with Crippen molar-refractivity contribution in [2.45, 2.75) is 38.1 Å². The standard InChI is InChI=1S/C19H27N5O4/c1-22-9-7-20-15(16(22)25)23-8-3-5-14(11-23)21-18(28)24-10-13-4-2-6-19(13,12-24)17(26)27/h7,9,13-14H,2-6,8,10-12H2,1H3,(H,21,28)(H,26,27)/t13-,14?,19+/m0/s1. The first-order chi connectivity index (χ1) is 13.4. The summed E-state index contributed by atoms with van der Waals surface area (Å²) in [4.78, 5) is 44.8. The number of piperidine rings is 1. The molecule has 1 aromatic rings. The number of rotatable bonds is 3. The Morgan fingerprint density at radius 2 is 2.11 bits per heavy atom. The molecule has 0 radical (unpaired) electrons. The normalized spacial score (nSPS) is 29.6. The summed E-state index contributed by atoms with van der Waals surface area (Å²) in [7, 11) is 1.69. The van der Waals surface area contributed by atoms with Crippen LogP contribution in [0.3, 0.4) is 0 Å². The molecule has 1 aliphatic carbocycles. The lowest BCUT2D eigenvalue weighted by Crippen LogP contribution is -2.52. The Labute approximate surface area is 163 Å². The first-order valence-electron chi connectivity index (χ1n) is 9.96. The predicted molar refractivity (Wildman–Crippen MR) is 102 cm³/mol. The third-order valence-corrected chi connectivity index (χ3v) is 6.63. The average molecular weight is 389 g/mol. The first-order valence-corrected chi connectivity index (χ1v) is 9.96. The lowest BCUT2D eigenvalue weighted by Gasteiger charge is -2.34. The second kappa shape index (κ2) is 7.10. The number of urea groups is 1. The van der Waals surface area contributed by atoms with E-state index < -0.39 is 11.4 Å². The number of carboxylic acids is 1. The summed E-state index contributed by atoms with van der Waals surface area (Å²) < 4.78 is 1.50. The molecule has 0 bridgehead atoms.